The van der Waals surface area contributed by atoms with Gasteiger partial charge in [-0.1, -0.05) is 27.2 Å². The second kappa shape index (κ2) is 9.29. The smallest absolute Gasteiger partial charge is 0.305 e. The molecular formula is C28H46O4. The molecule has 4 aliphatic rings. The maximum atomic E-state index is 11.6. The largest absolute Gasteiger partial charge is 0.469 e. The van der Waals surface area contributed by atoms with E-state index in [4.69, 9.17) is 9.47 Å². The quantitative estimate of drug-likeness (QED) is 0.434. The fourth-order valence-corrected chi connectivity index (χ4v) is 9.44. The van der Waals surface area contributed by atoms with E-state index in [9.17, 15) is 9.59 Å². The lowest BCUT2D eigenvalue weighted by atomic mass is 9.42. The highest BCUT2D eigenvalue weighted by Crippen LogP contribution is 2.69. The highest BCUT2D eigenvalue weighted by molar-refractivity contribution is 5.69. The Kier molecular flexibility index (Phi) is 6.99. The fourth-order valence-electron chi connectivity index (χ4n) is 9.44. The molecule has 0 aromatic rings. The van der Waals surface area contributed by atoms with Crippen LogP contribution in [-0.4, -0.2) is 25.2 Å². The molecule has 0 bridgehead atoms. The second-order valence-electron chi connectivity index (χ2n) is 12.2. The first-order chi connectivity index (χ1) is 15.2. The van der Waals surface area contributed by atoms with Gasteiger partial charge < -0.3 is 9.47 Å². The first-order valence-electron chi connectivity index (χ1n) is 13.5. The third kappa shape index (κ3) is 4.13. The molecule has 4 aliphatic carbocycles. The average molecular weight is 447 g/mol. The number of hydrogen-bond acceptors (Lipinski definition) is 4. The van der Waals surface area contributed by atoms with E-state index in [1.54, 1.807) is 6.92 Å². The van der Waals surface area contributed by atoms with Crippen molar-refractivity contribution in [2.45, 2.75) is 111 Å². The Morgan fingerprint density at radius 3 is 2.34 bits per heavy atom. The lowest BCUT2D eigenvalue weighted by Gasteiger charge is -2.63. The first kappa shape index (κ1) is 24.1. The minimum absolute atomic E-state index is 0.0604. The summed E-state index contributed by atoms with van der Waals surface area (Å²) in [6, 6.07) is 0. The van der Waals surface area contributed by atoms with Crippen LogP contribution in [-0.2, 0) is 19.1 Å². The van der Waals surface area contributed by atoms with Crippen molar-refractivity contribution in [3.8, 4) is 0 Å². The average Bonchev–Trinajstić information content (AvgIpc) is 3.09. The Hall–Kier alpha value is -1.06. The molecule has 4 heteroatoms. The second-order valence-corrected chi connectivity index (χ2v) is 12.2. The Bertz CT molecular complexity index is 704. The summed E-state index contributed by atoms with van der Waals surface area (Å²) in [5.41, 5.74) is 0.859. The zero-order valence-corrected chi connectivity index (χ0v) is 21.2. The van der Waals surface area contributed by atoms with Crippen molar-refractivity contribution in [1.82, 2.24) is 0 Å². The van der Waals surface area contributed by atoms with E-state index in [2.05, 4.69) is 20.8 Å². The van der Waals surface area contributed by atoms with Gasteiger partial charge in [-0.25, -0.2) is 0 Å². The maximum Gasteiger partial charge on any atom is 0.305 e. The summed E-state index contributed by atoms with van der Waals surface area (Å²) in [5, 5.41) is 0. The van der Waals surface area contributed by atoms with Gasteiger partial charge in [0.1, 0.15) is 6.10 Å². The molecule has 4 fully saturated rings. The molecule has 0 spiro atoms. The van der Waals surface area contributed by atoms with E-state index >= 15 is 0 Å². The van der Waals surface area contributed by atoms with Crippen molar-refractivity contribution in [2.75, 3.05) is 7.11 Å². The van der Waals surface area contributed by atoms with E-state index in [0.29, 0.717) is 23.2 Å². The molecule has 182 valence electrons. The zero-order valence-electron chi connectivity index (χ0n) is 21.2. The molecule has 0 heterocycles. The molecule has 0 saturated heterocycles. The van der Waals surface area contributed by atoms with E-state index in [-0.39, 0.29) is 18.0 Å². The topological polar surface area (TPSA) is 52.6 Å². The SMILES string of the molecule is CC[C@H]1CC2C3CCC(CCCC(=O)OC)C3(C)CCC2C2(C)CC[C@@H](OC(C)=O)CC12. The van der Waals surface area contributed by atoms with Gasteiger partial charge in [-0.3, -0.25) is 9.59 Å². The number of ether oxygens (including phenoxy) is 2. The van der Waals surface area contributed by atoms with Crippen molar-refractivity contribution in [1.29, 1.82) is 0 Å². The molecule has 0 N–H and O–H groups in total. The highest BCUT2D eigenvalue weighted by Gasteiger charge is 2.61. The van der Waals surface area contributed by atoms with E-state index in [1.165, 1.54) is 58.5 Å². The van der Waals surface area contributed by atoms with Gasteiger partial charge in [0.25, 0.3) is 0 Å². The van der Waals surface area contributed by atoms with Crippen LogP contribution in [0.2, 0.25) is 0 Å². The van der Waals surface area contributed by atoms with Gasteiger partial charge in [0, 0.05) is 13.3 Å². The number of esters is 2. The Balaban J connectivity index is 1.49. The summed E-state index contributed by atoms with van der Waals surface area (Å²) in [5.74, 6) is 4.60. The van der Waals surface area contributed by atoms with Crippen LogP contribution >= 0.6 is 0 Å². The van der Waals surface area contributed by atoms with Crippen LogP contribution in [0.1, 0.15) is 105 Å². The predicted octanol–water partition coefficient (Wildman–Crippen LogP) is 6.56. The van der Waals surface area contributed by atoms with Crippen molar-refractivity contribution < 1.29 is 19.1 Å². The first-order valence-corrected chi connectivity index (χ1v) is 13.5. The molecule has 0 aromatic carbocycles. The minimum atomic E-state index is -0.113. The van der Waals surface area contributed by atoms with Gasteiger partial charge >= 0.3 is 11.9 Å². The van der Waals surface area contributed by atoms with Crippen LogP contribution in [0.3, 0.4) is 0 Å². The minimum Gasteiger partial charge on any atom is -0.469 e. The standard InChI is InChI=1S/C28H46O4/c1-6-19-16-22-23-11-10-20(8-7-9-26(30)31-5)27(23,3)15-13-24(22)28(4)14-12-21(17-25(19)28)32-18(2)29/h19-25H,6-17H2,1-5H3/t19-,20?,21+,22?,23?,24?,25?,27?,28?/m0/s1. The van der Waals surface area contributed by atoms with Crippen molar-refractivity contribution in [3.05, 3.63) is 0 Å². The number of rotatable bonds is 6. The number of hydrogen-bond donors (Lipinski definition) is 0. The summed E-state index contributed by atoms with van der Waals surface area (Å²) >= 11 is 0. The molecule has 32 heavy (non-hydrogen) atoms. The van der Waals surface area contributed by atoms with E-state index < -0.39 is 0 Å². The lowest BCUT2D eigenvalue weighted by Crippen LogP contribution is -2.56. The summed E-state index contributed by atoms with van der Waals surface area (Å²) in [4.78, 5) is 23.2. The molecule has 0 aliphatic heterocycles. The predicted molar refractivity (Wildman–Crippen MR) is 126 cm³/mol. The Morgan fingerprint density at radius 1 is 0.938 bits per heavy atom. The summed E-state index contributed by atoms with van der Waals surface area (Å²) in [6.45, 7) is 9.14. The normalized spacial score (nSPS) is 45.3. The highest BCUT2D eigenvalue weighted by atomic mass is 16.5. The van der Waals surface area contributed by atoms with Crippen LogP contribution < -0.4 is 0 Å². The molecule has 4 rings (SSSR count). The summed E-state index contributed by atoms with van der Waals surface area (Å²) in [7, 11) is 1.50. The Morgan fingerprint density at radius 2 is 1.66 bits per heavy atom. The van der Waals surface area contributed by atoms with Crippen LogP contribution in [0.5, 0.6) is 0 Å². The van der Waals surface area contributed by atoms with Gasteiger partial charge in [-0.05, 0) is 111 Å². The number of carbonyl (C=O) groups is 2. The monoisotopic (exact) mass is 446 g/mol. The van der Waals surface area contributed by atoms with Crippen molar-refractivity contribution >= 4 is 11.9 Å². The van der Waals surface area contributed by atoms with Crippen LogP contribution in [0.4, 0.5) is 0 Å². The van der Waals surface area contributed by atoms with E-state index in [0.717, 1.165) is 48.9 Å². The summed E-state index contributed by atoms with van der Waals surface area (Å²) in [6.07, 6.45) is 14.3. The molecule has 0 amide bonds. The van der Waals surface area contributed by atoms with Crippen molar-refractivity contribution in [3.63, 3.8) is 0 Å². The van der Waals surface area contributed by atoms with Gasteiger partial charge in [0.05, 0.1) is 7.11 Å². The van der Waals surface area contributed by atoms with Crippen LogP contribution in [0, 0.1) is 46.3 Å². The molecule has 0 radical (unpaired) electrons. The number of methoxy groups -OCH3 is 1. The van der Waals surface area contributed by atoms with Gasteiger partial charge in [0.2, 0.25) is 0 Å². The zero-order chi connectivity index (χ0) is 23.1. The van der Waals surface area contributed by atoms with Crippen molar-refractivity contribution in [2.24, 2.45) is 46.3 Å². The molecular weight excluding hydrogens is 400 g/mol. The molecule has 4 nitrogen and oxygen atoms in total. The number of fused-ring (bicyclic) bond motifs is 5. The Labute approximate surface area is 195 Å². The molecule has 4 saturated carbocycles. The summed E-state index contributed by atoms with van der Waals surface area (Å²) < 4.78 is 10.6. The van der Waals surface area contributed by atoms with Gasteiger partial charge in [-0.15, -0.1) is 0 Å². The van der Waals surface area contributed by atoms with Crippen LogP contribution in [0.25, 0.3) is 0 Å². The van der Waals surface area contributed by atoms with E-state index in [1.807, 2.05) is 0 Å². The molecule has 0 aromatic heterocycles. The lowest BCUT2D eigenvalue weighted by molar-refractivity contribution is -0.169. The fraction of sp³-hybridized carbons (Fsp3) is 0.929. The van der Waals surface area contributed by atoms with Crippen LogP contribution in [0.15, 0.2) is 0 Å². The van der Waals surface area contributed by atoms with Gasteiger partial charge in [0.15, 0.2) is 0 Å². The van der Waals surface area contributed by atoms with Gasteiger partial charge in [-0.2, -0.15) is 0 Å². The molecule has 9 atom stereocenters. The third-order valence-electron chi connectivity index (χ3n) is 11.0. The maximum absolute atomic E-state index is 11.6. The molecule has 7 unspecified atom stereocenters. The number of carbonyl (C=O) groups excluding carboxylic acids is 2. The third-order valence-corrected chi connectivity index (χ3v) is 11.0.